The number of sulfone groups is 1. The molecule has 0 spiro atoms. The highest BCUT2D eigenvalue weighted by atomic mass is 32.2. The van der Waals surface area contributed by atoms with Crippen LogP contribution in [0.15, 0.2) is 35.7 Å². The van der Waals surface area contributed by atoms with Crippen LogP contribution in [0.5, 0.6) is 0 Å². The van der Waals surface area contributed by atoms with E-state index in [4.69, 9.17) is 5.26 Å². The van der Waals surface area contributed by atoms with Crippen molar-refractivity contribution < 1.29 is 13.2 Å². The van der Waals surface area contributed by atoms with Crippen molar-refractivity contribution in [2.24, 2.45) is 7.05 Å². The Hall–Kier alpha value is -2.73. The minimum atomic E-state index is -3.56. The number of rotatable bonds is 3. The molecule has 130 valence electrons. The molecule has 2 aromatic rings. The van der Waals surface area contributed by atoms with Crippen molar-refractivity contribution in [1.82, 2.24) is 19.7 Å². The second-order valence-electron chi connectivity index (χ2n) is 5.95. The third-order valence-corrected chi connectivity index (χ3v) is 6.58. The lowest BCUT2D eigenvalue weighted by Gasteiger charge is -2.31. The van der Waals surface area contributed by atoms with E-state index in [2.05, 4.69) is 10.2 Å². The van der Waals surface area contributed by atoms with Crippen LogP contribution in [0.2, 0.25) is 0 Å². The van der Waals surface area contributed by atoms with Crippen molar-refractivity contribution in [3.63, 3.8) is 0 Å². The zero-order valence-corrected chi connectivity index (χ0v) is 14.5. The normalized spacial score (nSPS) is 15.8. The molecule has 25 heavy (non-hydrogen) atoms. The van der Waals surface area contributed by atoms with E-state index in [9.17, 15) is 13.2 Å². The molecule has 8 nitrogen and oxygen atoms in total. The Labute approximate surface area is 145 Å². The van der Waals surface area contributed by atoms with Crippen molar-refractivity contribution >= 4 is 15.7 Å². The maximum absolute atomic E-state index is 12.6. The smallest absolute Gasteiger partial charge is 0.253 e. The number of hydrogen-bond donors (Lipinski definition) is 0. The van der Waals surface area contributed by atoms with Gasteiger partial charge < -0.3 is 9.47 Å². The van der Waals surface area contributed by atoms with E-state index in [1.165, 1.54) is 10.9 Å². The Morgan fingerprint density at radius 3 is 2.40 bits per heavy atom. The number of benzene rings is 1. The summed E-state index contributed by atoms with van der Waals surface area (Å²) in [4.78, 5) is 14.1. The lowest BCUT2D eigenvalue weighted by molar-refractivity contribution is 0.0725. The standard InChI is InChI=1S/C16H17N5O3S/c1-20-11-18-19-16(20)25(23,24)14-6-8-21(9-7-14)15(22)13-4-2-12(10-17)3-5-13/h2-5,11,14H,6-9H2,1H3. The van der Waals surface area contributed by atoms with Crippen LogP contribution < -0.4 is 0 Å². The fourth-order valence-electron chi connectivity index (χ4n) is 2.92. The van der Waals surface area contributed by atoms with E-state index in [-0.39, 0.29) is 11.1 Å². The van der Waals surface area contributed by atoms with E-state index in [1.807, 2.05) is 6.07 Å². The van der Waals surface area contributed by atoms with Gasteiger partial charge in [-0.2, -0.15) is 5.26 Å². The van der Waals surface area contributed by atoms with Gasteiger partial charge in [-0.05, 0) is 37.1 Å². The molecule has 0 atom stereocenters. The molecule has 0 N–H and O–H groups in total. The second kappa shape index (κ2) is 6.64. The van der Waals surface area contributed by atoms with Crippen LogP contribution in [0.25, 0.3) is 0 Å². The summed E-state index contributed by atoms with van der Waals surface area (Å²) in [6, 6.07) is 8.43. The molecule has 9 heteroatoms. The van der Waals surface area contributed by atoms with Crippen LogP contribution in [0.3, 0.4) is 0 Å². The van der Waals surface area contributed by atoms with E-state index in [0.29, 0.717) is 37.1 Å². The Balaban J connectivity index is 1.68. The summed E-state index contributed by atoms with van der Waals surface area (Å²) in [6.45, 7) is 0.723. The molecular formula is C16H17N5O3S. The molecule has 0 saturated carbocycles. The van der Waals surface area contributed by atoms with E-state index in [0.717, 1.165) is 0 Å². The molecule has 1 saturated heterocycles. The Kier molecular flexibility index (Phi) is 4.55. The number of hydrogen-bond acceptors (Lipinski definition) is 6. The average Bonchev–Trinajstić information content (AvgIpc) is 3.08. The molecule has 1 aliphatic heterocycles. The minimum Gasteiger partial charge on any atom is -0.339 e. The lowest BCUT2D eigenvalue weighted by atomic mass is 10.1. The van der Waals surface area contributed by atoms with Crippen LogP contribution in [-0.4, -0.2) is 52.3 Å². The number of amides is 1. The van der Waals surface area contributed by atoms with Gasteiger partial charge in [-0.25, -0.2) is 8.42 Å². The van der Waals surface area contributed by atoms with Gasteiger partial charge in [-0.3, -0.25) is 4.79 Å². The zero-order chi connectivity index (χ0) is 18.0. The maximum Gasteiger partial charge on any atom is 0.253 e. The third kappa shape index (κ3) is 3.25. The molecule has 0 bridgehead atoms. The first kappa shape index (κ1) is 17.1. The first-order valence-corrected chi connectivity index (χ1v) is 9.35. The first-order valence-electron chi connectivity index (χ1n) is 7.81. The maximum atomic E-state index is 12.6. The molecule has 1 aromatic heterocycles. The number of likely N-dealkylation sites (tertiary alicyclic amines) is 1. The van der Waals surface area contributed by atoms with Gasteiger partial charge in [0.25, 0.3) is 5.91 Å². The quantitative estimate of drug-likeness (QED) is 0.800. The molecule has 3 rings (SSSR count). The molecule has 1 aromatic carbocycles. The summed E-state index contributed by atoms with van der Waals surface area (Å²) in [5.74, 6) is -0.154. The Morgan fingerprint density at radius 2 is 1.88 bits per heavy atom. The fourth-order valence-corrected chi connectivity index (χ4v) is 4.66. The Bertz CT molecular complexity index is 919. The van der Waals surface area contributed by atoms with Gasteiger partial charge in [-0.1, -0.05) is 0 Å². The molecular weight excluding hydrogens is 342 g/mol. The van der Waals surface area contributed by atoms with Gasteiger partial charge in [-0.15, -0.1) is 10.2 Å². The predicted molar refractivity (Wildman–Crippen MR) is 88.3 cm³/mol. The molecule has 0 radical (unpaired) electrons. The number of nitriles is 1. The summed E-state index contributed by atoms with van der Waals surface area (Å²) >= 11 is 0. The number of aryl methyl sites for hydroxylation is 1. The van der Waals surface area contributed by atoms with E-state index >= 15 is 0 Å². The predicted octanol–water partition coefficient (Wildman–Crippen LogP) is 0.765. The van der Waals surface area contributed by atoms with Crippen molar-refractivity contribution in [3.05, 3.63) is 41.7 Å². The number of piperidine rings is 1. The first-order chi connectivity index (χ1) is 11.9. The summed E-state index contributed by atoms with van der Waals surface area (Å²) in [7, 11) is -1.96. The number of nitrogens with zero attached hydrogens (tertiary/aromatic N) is 5. The van der Waals surface area contributed by atoms with Gasteiger partial charge in [0.2, 0.25) is 15.0 Å². The average molecular weight is 359 g/mol. The van der Waals surface area contributed by atoms with Gasteiger partial charge in [0.15, 0.2) is 0 Å². The highest BCUT2D eigenvalue weighted by Crippen LogP contribution is 2.24. The zero-order valence-electron chi connectivity index (χ0n) is 13.7. The third-order valence-electron chi connectivity index (χ3n) is 4.35. The largest absolute Gasteiger partial charge is 0.339 e. The molecule has 1 fully saturated rings. The topological polar surface area (TPSA) is 109 Å². The second-order valence-corrected chi connectivity index (χ2v) is 8.07. The van der Waals surface area contributed by atoms with Gasteiger partial charge in [0.05, 0.1) is 16.9 Å². The highest BCUT2D eigenvalue weighted by Gasteiger charge is 2.35. The summed E-state index contributed by atoms with van der Waals surface area (Å²) < 4.78 is 26.7. The van der Waals surface area contributed by atoms with Crippen LogP contribution >= 0.6 is 0 Å². The molecule has 0 unspecified atom stereocenters. The number of aromatic nitrogens is 3. The summed E-state index contributed by atoms with van der Waals surface area (Å²) in [5, 5.41) is 15.5. The highest BCUT2D eigenvalue weighted by molar-refractivity contribution is 7.91. The minimum absolute atomic E-state index is 0.0376. The van der Waals surface area contributed by atoms with Crippen LogP contribution in [0, 0.1) is 11.3 Å². The molecule has 1 aliphatic rings. The number of carbonyl (C=O) groups is 1. The fraction of sp³-hybridized carbons (Fsp3) is 0.375. The monoisotopic (exact) mass is 359 g/mol. The SMILES string of the molecule is Cn1cnnc1S(=O)(=O)C1CCN(C(=O)c2ccc(C#N)cc2)CC1. The van der Waals surface area contributed by atoms with E-state index < -0.39 is 15.1 Å². The Morgan fingerprint density at radius 1 is 1.24 bits per heavy atom. The van der Waals surface area contributed by atoms with Crippen molar-refractivity contribution in [2.45, 2.75) is 23.2 Å². The van der Waals surface area contributed by atoms with E-state index in [1.54, 1.807) is 36.2 Å². The number of carbonyl (C=O) groups excluding carboxylic acids is 1. The van der Waals surface area contributed by atoms with Gasteiger partial charge in [0, 0.05) is 25.7 Å². The van der Waals surface area contributed by atoms with Crippen molar-refractivity contribution in [2.75, 3.05) is 13.1 Å². The molecule has 0 aliphatic carbocycles. The van der Waals surface area contributed by atoms with Crippen LogP contribution in [-0.2, 0) is 16.9 Å². The summed E-state index contributed by atoms with van der Waals surface area (Å²) in [6.07, 6.45) is 2.07. The van der Waals surface area contributed by atoms with Crippen LogP contribution in [0.4, 0.5) is 0 Å². The van der Waals surface area contributed by atoms with Gasteiger partial charge >= 0.3 is 0 Å². The molecule has 2 heterocycles. The van der Waals surface area contributed by atoms with Crippen molar-refractivity contribution in [1.29, 1.82) is 5.26 Å². The lowest BCUT2D eigenvalue weighted by Crippen LogP contribution is -2.42. The van der Waals surface area contributed by atoms with Crippen molar-refractivity contribution in [3.8, 4) is 6.07 Å². The van der Waals surface area contributed by atoms with Gasteiger partial charge in [0.1, 0.15) is 6.33 Å². The summed E-state index contributed by atoms with van der Waals surface area (Å²) in [5.41, 5.74) is 0.985. The van der Waals surface area contributed by atoms with Crippen LogP contribution in [0.1, 0.15) is 28.8 Å². The molecule has 1 amide bonds.